The van der Waals surface area contributed by atoms with Crippen LogP contribution in [0.2, 0.25) is 0 Å². The number of carbonyl (C=O) groups is 1. The van der Waals surface area contributed by atoms with E-state index in [9.17, 15) is 13.2 Å². The molecule has 0 bridgehead atoms. The molecule has 0 aliphatic carbocycles. The van der Waals surface area contributed by atoms with Gasteiger partial charge in [0, 0.05) is 30.4 Å². The van der Waals surface area contributed by atoms with Crippen molar-refractivity contribution in [2.24, 2.45) is 0 Å². The van der Waals surface area contributed by atoms with Crippen molar-refractivity contribution in [1.29, 1.82) is 0 Å². The summed E-state index contributed by atoms with van der Waals surface area (Å²) in [7, 11) is -2.05. The fraction of sp³-hybridized carbons (Fsp3) is 0.350. The smallest absolute Gasteiger partial charge is 0.255 e. The first-order valence-corrected chi connectivity index (χ1v) is 10.6. The third-order valence-electron chi connectivity index (χ3n) is 4.52. The summed E-state index contributed by atoms with van der Waals surface area (Å²) in [6.45, 7) is 3.41. The summed E-state index contributed by atoms with van der Waals surface area (Å²) >= 11 is 0. The monoisotopic (exact) mass is 404 g/mol. The maximum absolute atomic E-state index is 12.7. The van der Waals surface area contributed by atoms with E-state index in [1.807, 2.05) is 6.92 Å². The molecule has 1 saturated heterocycles. The molecular formula is C20H24N2O5S. The molecule has 0 saturated carbocycles. The second-order valence-electron chi connectivity index (χ2n) is 6.39. The van der Waals surface area contributed by atoms with Crippen LogP contribution < -0.4 is 14.8 Å². The van der Waals surface area contributed by atoms with Gasteiger partial charge in [0.05, 0.1) is 18.6 Å². The van der Waals surface area contributed by atoms with Crippen molar-refractivity contribution in [2.45, 2.75) is 24.7 Å². The van der Waals surface area contributed by atoms with Crippen LogP contribution in [0.5, 0.6) is 11.5 Å². The van der Waals surface area contributed by atoms with E-state index < -0.39 is 15.9 Å². The molecule has 0 aromatic heterocycles. The molecule has 1 aliphatic heterocycles. The van der Waals surface area contributed by atoms with Gasteiger partial charge in [-0.2, -0.15) is 4.31 Å². The van der Waals surface area contributed by atoms with Crippen molar-refractivity contribution in [3.63, 3.8) is 0 Å². The number of nitrogens with one attached hydrogen (secondary N) is 1. The summed E-state index contributed by atoms with van der Waals surface area (Å²) in [5, 5.41) is 2.77. The molecule has 150 valence electrons. The number of rotatable bonds is 7. The van der Waals surface area contributed by atoms with E-state index in [0.717, 1.165) is 12.8 Å². The lowest BCUT2D eigenvalue weighted by molar-refractivity contribution is 0.102. The molecule has 1 aliphatic rings. The predicted molar refractivity (Wildman–Crippen MR) is 107 cm³/mol. The fourth-order valence-electron chi connectivity index (χ4n) is 3.10. The average molecular weight is 404 g/mol. The molecule has 2 aromatic carbocycles. The Hall–Kier alpha value is -2.58. The van der Waals surface area contributed by atoms with E-state index >= 15 is 0 Å². The largest absolute Gasteiger partial charge is 0.493 e. The molecule has 3 rings (SSSR count). The number of hydrogen-bond donors (Lipinski definition) is 1. The highest BCUT2D eigenvalue weighted by Gasteiger charge is 2.27. The molecule has 0 spiro atoms. The first-order valence-electron chi connectivity index (χ1n) is 9.18. The minimum Gasteiger partial charge on any atom is -0.493 e. The Bertz CT molecular complexity index is 953. The standard InChI is InChI=1S/C20H24N2O5S/c1-3-27-18-10-9-16(14-19(18)26-2)21-20(23)15-7-6-8-17(13-15)28(24,25)22-11-4-5-12-22/h6-10,13-14H,3-5,11-12H2,1-2H3,(H,21,23). The predicted octanol–water partition coefficient (Wildman–Crippen LogP) is 3.13. The fourth-order valence-corrected chi connectivity index (χ4v) is 4.66. The van der Waals surface area contributed by atoms with Gasteiger partial charge in [-0.3, -0.25) is 4.79 Å². The number of sulfonamides is 1. The number of ether oxygens (including phenoxy) is 2. The van der Waals surface area contributed by atoms with Crippen LogP contribution in [0.3, 0.4) is 0 Å². The van der Waals surface area contributed by atoms with E-state index in [4.69, 9.17) is 9.47 Å². The van der Waals surface area contributed by atoms with Crippen LogP contribution in [0.15, 0.2) is 47.4 Å². The molecule has 0 radical (unpaired) electrons. The molecule has 1 fully saturated rings. The van der Waals surface area contributed by atoms with Crippen molar-refractivity contribution < 1.29 is 22.7 Å². The maximum atomic E-state index is 12.7. The minimum atomic E-state index is -3.57. The topological polar surface area (TPSA) is 84.9 Å². The molecule has 1 N–H and O–H groups in total. The first kappa shape index (κ1) is 20.2. The van der Waals surface area contributed by atoms with Crippen LogP contribution in [-0.2, 0) is 10.0 Å². The zero-order chi connectivity index (χ0) is 20.1. The number of amides is 1. The van der Waals surface area contributed by atoms with Gasteiger partial charge in [0.25, 0.3) is 5.91 Å². The van der Waals surface area contributed by atoms with Crippen molar-refractivity contribution >= 4 is 21.6 Å². The third kappa shape index (κ3) is 4.28. The number of benzene rings is 2. The Morgan fingerprint density at radius 1 is 1.11 bits per heavy atom. The molecule has 28 heavy (non-hydrogen) atoms. The number of hydrogen-bond acceptors (Lipinski definition) is 5. The first-order chi connectivity index (χ1) is 13.5. The Labute approximate surface area is 165 Å². The summed E-state index contributed by atoms with van der Waals surface area (Å²) in [5.74, 6) is 0.691. The molecule has 1 heterocycles. The van der Waals surface area contributed by atoms with E-state index in [-0.39, 0.29) is 10.5 Å². The van der Waals surface area contributed by atoms with Crippen molar-refractivity contribution in [3.8, 4) is 11.5 Å². The van der Waals surface area contributed by atoms with Gasteiger partial charge in [-0.15, -0.1) is 0 Å². The SMILES string of the molecule is CCOc1ccc(NC(=O)c2cccc(S(=O)(=O)N3CCCC3)c2)cc1OC. The van der Waals surface area contributed by atoms with Gasteiger partial charge in [-0.1, -0.05) is 6.07 Å². The highest BCUT2D eigenvalue weighted by Crippen LogP contribution is 2.30. The van der Waals surface area contributed by atoms with Crippen LogP contribution in [0.1, 0.15) is 30.1 Å². The third-order valence-corrected chi connectivity index (χ3v) is 6.42. The van der Waals surface area contributed by atoms with Gasteiger partial charge in [0.2, 0.25) is 10.0 Å². The van der Waals surface area contributed by atoms with Crippen LogP contribution >= 0.6 is 0 Å². The molecular weight excluding hydrogens is 380 g/mol. The second-order valence-corrected chi connectivity index (χ2v) is 8.33. The van der Waals surface area contributed by atoms with Gasteiger partial charge in [-0.25, -0.2) is 8.42 Å². The minimum absolute atomic E-state index is 0.131. The highest BCUT2D eigenvalue weighted by molar-refractivity contribution is 7.89. The summed E-state index contributed by atoms with van der Waals surface area (Å²) in [5.41, 5.74) is 0.797. The zero-order valence-corrected chi connectivity index (χ0v) is 16.8. The van der Waals surface area contributed by atoms with Gasteiger partial charge in [0.1, 0.15) is 0 Å². The molecule has 1 amide bonds. The summed E-state index contributed by atoms with van der Waals surface area (Å²) < 4.78 is 37.6. The van der Waals surface area contributed by atoms with Crippen LogP contribution in [0.4, 0.5) is 5.69 Å². The lowest BCUT2D eigenvalue weighted by Gasteiger charge is -2.16. The van der Waals surface area contributed by atoms with E-state index in [2.05, 4.69) is 5.32 Å². The number of nitrogens with zero attached hydrogens (tertiary/aromatic N) is 1. The quantitative estimate of drug-likeness (QED) is 0.766. The van der Waals surface area contributed by atoms with Gasteiger partial charge in [0.15, 0.2) is 11.5 Å². The average Bonchev–Trinajstić information content (AvgIpc) is 3.25. The summed E-state index contributed by atoms with van der Waals surface area (Å²) in [6.07, 6.45) is 1.72. The van der Waals surface area contributed by atoms with Crippen LogP contribution in [0.25, 0.3) is 0 Å². The van der Waals surface area contributed by atoms with Crippen LogP contribution in [-0.4, -0.2) is 45.4 Å². The van der Waals surface area contributed by atoms with Gasteiger partial charge in [-0.05, 0) is 50.1 Å². The Morgan fingerprint density at radius 3 is 2.54 bits per heavy atom. The molecule has 0 unspecified atom stereocenters. The summed E-state index contributed by atoms with van der Waals surface area (Å²) in [6, 6.07) is 11.2. The second kappa shape index (κ2) is 8.62. The van der Waals surface area contributed by atoms with Crippen molar-refractivity contribution in [3.05, 3.63) is 48.0 Å². The van der Waals surface area contributed by atoms with Gasteiger partial charge >= 0.3 is 0 Å². The molecule has 0 atom stereocenters. The van der Waals surface area contributed by atoms with Crippen LogP contribution in [0, 0.1) is 0 Å². The summed E-state index contributed by atoms with van der Waals surface area (Å²) in [4.78, 5) is 12.8. The van der Waals surface area contributed by atoms with Crippen molar-refractivity contribution in [1.82, 2.24) is 4.31 Å². The number of anilines is 1. The Balaban J connectivity index is 1.80. The van der Waals surface area contributed by atoms with Gasteiger partial charge < -0.3 is 14.8 Å². The van der Waals surface area contributed by atoms with E-state index in [0.29, 0.717) is 36.9 Å². The molecule has 7 nitrogen and oxygen atoms in total. The Kier molecular flexibility index (Phi) is 6.21. The molecule has 8 heteroatoms. The zero-order valence-electron chi connectivity index (χ0n) is 16.0. The lowest BCUT2D eigenvalue weighted by atomic mass is 10.2. The Morgan fingerprint density at radius 2 is 1.86 bits per heavy atom. The number of carbonyl (C=O) groups excluding carboxylic acids is 1. The number of methoxy groups -OCH3 is 1. The van der Waals surface area contributed by atoms with E-state index in [1.165, 1.54) is 23.5 Å². The van der Waals surface area contributed by atoms with Crippen molar-refractivity contribution in [2.75, 3.05) is 32.1 Å². The van der Waals surface area contributed by atoms with E-state index in [1.54, 1.807) is 30.3 Å². The lowest BCUT2D eigenvalue weighted by Crippen LogP contribution is -2.28. The maximum Gasteiger partial charge on any atom is 0.255 e. The highest BCUT2D eigenvalue weighted by atomic mass is 32.2. The molecule has 2 aromatic rings. The normalized spacial score (nSPS) is 14.6.